The Morgan fingerprint density at radius 3 is 2.94 bits per heavy atom. The summed E-state index contributed by atoms with van der Waals surface area (Å²) < 4.78 is 5.67. The topological polar surface area (TPSA) is 50.4 Å². The molecule has 2 aliphatic rings. The van der Waals surface area contributed by atoms with Gasteiger partial charge in [-0.25, -0.2) is 0 Å². The second-order valence-corrected chi connectivity index (χ2v) is 5.50. The highest BCUT2D eigenvalue weighted by molar-refractivity contribution is 5.86. The Morgan fingerprint density at radius 2 is 2.33 bits per heavy atom. The second-order valence-electron chi connectivity index (χ2n) is 5.50. The molecule has 4 nitrogen and oxygen atoms in total. The van der Waals surface area contributed by atoms with Crippen LogP contribution >= 0.6 is 0 Å². The molecule has 0 aliphatic carbocycles. The van der Waals surface area contributed by atoms with Crippen molar-refractivity contribution in [2.24, 2.45) is 0 Å². The average molecular weight is 254 g/mol. The minimum Gasteiger partial charge on any atom is -0.378 e. The van der Waals surface area contributed by atoms with Gasteiger partial charge in [0.05, 0.1) is 11.6 Å². The van der Waals surface area contributed by atoms with E-state index in [4.69, 9.17) is 4.74 Å². The van der Waals surface area contributed by atoms with Crippen molar-refractivity contribution in [3.8, 4) is 0 Å². The number of rotatable bonds is 5. The summed E-state index contributed by atoms with van der Waals surface area (Å²) in [6, 6.07) is 0. The Kier molecular flexibility index (Phi) is 5.01. The van der Waals surface area contributed by atoms with Crippen molar-refractivity contribution in [1.29, 1.82) is 0 Å². The Bertz CT molecular complexity index is 269. The fraction of sp³-hybridized carbons (Fsp3) is 0.929. The van der Waals surface area contributed by atoms with Gasteiger partial charge in [0.25, 0.3) is 0 Å². The molecule has 2 atom stereocenters. The molecule has 4 heteroatoms. The van der Waals surface area contributed by atoms with Crippen LogP contribution in [0.25, 0.3) is 0 Å². The van der Waals surface area contributed by atoms with Gasteiger partial charge in [0.15, 0.2) is 0 Å². The SMILES string of the molecule is CCC1(C(=O)NCCC2CCCCO2)CCCN1. The molecule has 0 aromatic heterocycles. The van der Waals surface area contributed by atoms with Crippen molar-refractivity contribution in [3.05, 3.63) is 0 Å². The quantitative estimate of drug-likeness (QED) is 0.783. The lowest BCUT2D eigenvalue weighted by Gasteiger charge is -2.28. The molecule has 104 valence electrons. The van der Waals surface area contributed by atoms with Crippen LogP contribution in [0.2, 0.25) is 0 Å². The molecule has 0 aromatic rings. The summed E-state index contributed by atoms with van der Waals surface area (Å²) >= 11 is 0. The molecule has 1 amide bonds. The third kappa shape index (κ3) is 3.23. The Balaban J connectivity index is 1.70. The van der Waals surface area contributed by atoms with E-state index in [9.17, 15) is 4.79 Å². The lowest BCUT2D eigenvalue weighted by atomic mass is 9.93. The van der Waals surface area contributed by atoms with E-state index in [1.165, 1.54) is 12.8 Å². The van der Waals surface area contributed by atoms with E-state index in [-0.39, 0.29) is 11.4 Å². The number of amides is 1. The molecule has 0 spiro atoms. The van der Waals surface area contributed by atoms with Gasteiger partial charge in [-0.05, 0) is 51.5 Å². The van der Waals surface area contributed by atoms with E-state index >= 15 is 0 Å². The van der Waals surface area contributed by atoms with E-state index in [1.54, 1.807) is 0 Å². The van der Waals surface area contributed by atoms with E-state index in [1.807, 2.05) is 0 Å². The van der Waals surface area contributed by atoms with Crippen LogP contribution in [0.3, 0.4) is 0 Å². The zero-order chi connectivity index (χ0) is 12.8. The molecule has 2 heterocycles. The molecule has 2 saturated heterocycles. The van der Waals surface area contributed by atoms with E-state index in [0.717, 1.165) is 51.8 Å². The maximum Gasteiger partial charge on any atom is 0.240 e. The Morgan fingerprint density at radius 1 is 1.44 bits per heavy atom. The fourth-order valence-electron chi connectivity index (χ4n) is 3.01. The zero-order valence-electron chi connectivity index (χ0n) is 11.5. The van der Waals surface area contributed by atoms with Crippen LogP contribution in [0.15, 0.2) is 0 Å². The largest absolute Gasteiger partial charge is 0.378 e. The van der Waals surface area contributed by atoms with Gasteiger partial charge in [-0.2, -0.15) is 0 Å². The monoisotopic (exact) mass is 254 g/mol. The fourth-order valence-corrected chi connectivity index (χ4v) is 3.01. The molecule has 0 aromatic carbocycles. The number of carbonyl (C=O) groups is 1. The van der Waals surface area contributed by atoms with Crippen LogP contribution in [0, 0.1) is 0 Å². The molecule has 2 N–H and O–H groups in total. The normalized spacial score (nSPS) is 32.4. The van der Waals surface area contributed by atoms with Gasteiger partial charge in [-0.15, -0.1) is 0 Å². The first kappa shape index (κ1) is 13.8. The molecule has 0 bridgehead atoms. The minimum atomic E-state index is -0.298. The summed E-state index contributed by atoms with van der Waals surface area (Å²) in [5, 5.41) is 6.45. The molecule has 2 unspecified atom stereocenters. The summed E-state index contributed by atoms with van der Waals surface area (Å²) in [7, 11) is 0. The molecule has 2 aliphatic heterocycles. The Hall–Kier alpha value is -0.610. The van der Waals surface area contributed by atoms with Crippen LogP contribution in [0.5, 0.6) is 0 Å². The first-order valence-corrected chi connectivity index (χ1v) is 7.42. The summed E-state index contributed by atoms with van der Waals surface area (Å²) in [5.74, 6) is 0.179. The predicted octanol–water partition coefficient (Wildman–Crippen LogP) is 1.59. The second kappa shape index (κ2) is 6.53. The van der Waals surface area contributed by atoms with E-state index in [0.29, 0.717) is 6.10 Å². The highest BCUT2D eigenvalue weighted by atomic mass is 16.5. The molecule has 0 radical (unpaired) electrons. The molecule has 2 rings (SSSR count). The summed E-state index contributed by atoms with van der Waals surface area (Å²) in [6.07, 6.45) is 7.85. The number of nitrogens with one attached hydrogen (secondary N) is 2. The number of hydrogen-bond donors (Lipinski definition) is 2. The highest BCUT2D eigenvalue weighted by Crippen LogP contribution is 2.23. The predicted molar refractivity (Wildman–Crippen MR) is 71.5 cm³/mol. The van der Waals surface area contributed by atoms with Gasteiger partial charge in [0, 0.05) is 13.2 Å². The minimum absolute atomic E-state index is 0.179. The molecule has 2 fully saturated rings. The lowest BCUT2D eigenvalue weighted by Crippen LogP contribution is -2.53. The van der Waals surface area contributed by atoms with Gasteiger partial charge in [0.2, 0.25) is 5.91 Å². The van der Waals surface area contributed by atoms with Crippen molar-refractivity contribution in [2.45, 2.75) is 63.5 Å². The lowest BCUT2D eigenvalue weighted by molar-refractivity contribution is -0.127. The Labute approximate surface area is 110 Å². The van der Waals surface area contributed by atoms with Gasteiger partial charge >= 0.3 is 0 Å². The first-order chi connectivity index (χ1) is 8.77. The van der Waals surface area contributed by atoms with Gasteiger partial charge in [0.1, 0.15) is 0 Å². The third-order valence-corrected chi connectivity index (χ3v) is 4.31. The van der Waals surface area contributed by atoms with Gasteiger partial charge in [-0.3, -0.25) is 4.79 Å². The molecule has 18 heavy (non-hydrogen) atoms. The standard InChI is InChI=1S/C14H26N2O2/c1-2-14(8-5-9-16-14)13(17)15-10-7-12-6-3-4-11-18-12/h12,16H,2-11H2,1H3,(H,15,17). The van der Waals surface area contributed by atoms with Crippen molar-refractivity contribution >= 4 is 5.91 Å². The number of carbonyl (C=O) groups excluding carboxylic acids is 1. The zero-order valence-corrected chi connectivity index (χ0v) is 11.5. The van der Waals surface area contributed by atoms with Crippen LogP contribution < -0.4 is 10.6 Å². The highest BCUT2D eigenvalue weighted by Gasteiger charge is 2.38. The third-order valence-electron chi connectivity index (χ3n) is 4.31. The van der Waals surface area contributed by atoms with Crippen molar-refractivity contribution in [2.75, 3.05) is 19.7 Å². The maximum absolute atomic E-state index is 12.2. The van der Waals surface area contributed by atoms with Crippen LogP contribution in [0.4, 0.5) is 0 Å². The van der Waals surface area contributed by atoms with Crippen molar-refractivity contribution in [1.82, 2.24) is 10.6 Å². The van der Waals surface area contributed by atoms with E-state index < -0.39 is 0 Å². The summed E-state index contributed by atoms with van der Waals surface area (Å²) in [5.41, 5.74) is -0.298. The van der Waals surface area contributed by atoms with Crippen LogP contribution in [-0.4, -0.2) is 37.2 Å². The smallest absolute Gasteiger partial charge is 0.240 e. The maximum atomic E-state index is 12.2. The average Bonchev–Trinajstić information content (AvgIpc) is 2.90. The molecular formula is C14H26N2O2. The van der Waals surface area contributed by atoms with Gasteiger partial charge < -0.3 is 15.4 Å². The summed E-state index contributed by atoms with van der Waals surface area (Å²) in [6.45, 7) is 4.68. The summed E-state index contributed by atoms with van der Waals surface area (Å²) in [4.78, 5) is 12.2. The van der Waals surface area contributed by atoms with E-state index in [2.05, 4.69) is 17.6 Å². The molecule has 0 saturated carbocycles. The van der Waals surface area contributed by atoms with Crippen molar-refractivity contribution in [3.63, 3.8) is 0 Å². The number of ether oxygens (including phenoxy) is 1. The van der Waals surface area contributed by atoms with Crippen molar-refractivity contribution < 1.29 is 9.53 Å². The molecular weight excluding hydrogens is 228 g/mol. The van der Waals surface area contributed by atoms with Gasteiger partial charge in [-0.1, -0.05) is 6.92 Å². The van der Waals surface area contributed by atoms with Crippen LogP contribution in [-0.2, 0) is 9.53 Å². The van der Waals surface area contributed by atoms with Crippen LogP contribution in [0.1, 0.15) is 51.9 Å². The first-order valence-electron chi connectivity index (χ1n) is 7.42. The number of hydrogen-bond acceptors (Lipinski definition) is 3.